The van der Waals surface area contributed by atoms with Gasteiger partial charge in [-0.15, -0.1) is 0 Å². The molecule has 1 fully saturated rings. The topological polar surface area (TPSA) is 91.6 Å². The van der Waals surface area contributed by atoms with Crippen LogP contribution < -0.4 is 16.0 Å². The van der Waals surface area contributed by atoms with Crippen molar-refractivity contribution in [2.45, 2.75) is 6.42 Å². The van der Waals surface area contributed by atoms with Crippen molar-refractivity contribution in [2.24, 2.45) is 0 Å². The highest BCUT2D eigenvalue weighted by Crippen LogP contribution is 2.18. The second kappa shape index (κ2) is 9.30. The molecular formula is C24H25N5O2. The van der Waals surface area contributed by atoms with Crippen LogP contribution in [0, 0.1) is 0 Å². The Kier molecular flexibility index (Phi) is 6.12. The zero-order valence-electron chi connectivity index (χ0n) is 17.2. The molecule has 3 N–H and O–H groups in total. The van der Waals surface area contributed by atoms with Gasteiger partial charge in [0.1, 0.15) is 5.82 Å². The number of hydrogen-bond donors (Lipinski definition) is 2. The predicted octanol–water partition coefficient (Wildman–Crippen LogP) is 2.81. The number of nitrogens with zero attached hydrogens (tertiary/aromatic N) is 3. The van der Waals surface area contributed by atoms with E-state index >= 15 is 0 Å². The lowest BCUT2D eigenvalue weighted by molar-refractivity contribution is -0.130. The summed E-state index contributed by atoms with van der Waals surface area (Å²) in [5.74, 6) is 0.803. The van der Waals surface area contributed by atoms with E-state index in [0.29, 0.717) is 36.4 Å². The van der Waals surface area contributed by atoms with E-state index in [4.69, 9.17) is 5.73 Å². The van der Waals surface area contributed by atoms with Gasteiger partial charge in [0.05, 0.1) is 17.8 Å². The number of nitrogens with one attached hydrogen (secondary N) is 1. The summed E-state index contributed by atoms with van der Waals surface area (Å²) in [4.78, 5) is 33.6. The van der Waals surface area contributed by atoms with Crippen LogP contribution in [0.15, 0.2) is 72.9 Å². The van der Waals surface area contributed by atoms with Crippen molar-refractivity contribution in [3.05, 3.63) is 84.1 Å². The SMILES string of the molecule is Nc1ccccc1NC(=O)c1ccc(CC(=O)N2CCN(c3ccccn3)CC2)cc1. The van der Waals surface area contributed by atoms with E-state index in [1.807, 2.05) is 47.4 Å². The van der Waals surface area contributed by atoms with Crippen molar-refractivity contribution in [2.75, 3.05) is 42.1 Å². The van der Waals surface area contributed by atoms with Gasteiger partial charge in [0, 0.05) is 37.9 Å². The number of nitrogens with two attached hydrogens (primary N) is 1. The smallest absolute Gasteiger partial charge is 0.255 e. The molecule has 7 heteroatoms. The molecule has 1 aromatic heterocycles. The minimum absolute atomic E-state index is 0.0925. The highest BCUT2D eigenvalue weighted by Gasteiger charge is 2.22. The number of amides is 2. The van der Waals surface area contributed by atoms with Crippen LogP contribution in [0.4, 0.5) is 17.2 Å². The molecule has 0 spiro atoms. The van der Waals surface area contributed by atoms with Crippen LogP contribution in [0.5, 0.6) is 0 Å². The third-order valence-corrected chi connectivity index (χ3v) is 5.39. The van der Waals surface area contributed by atoms with Crippen LogP contribution in [0.3, 0.4) is 0 Å². The van der Waals surface area contributed by atoms with Gasteiger partial charge in [0.2, 0.25) is 5.91 Å². The number of benzene rings is 2. The zero-order chi connectivity index (χ0) is 21.6. The Labute approximate surface area is 181 Å². The number of carbonyl (C=O) groups is 2. The molecule has 31 heavy (non-hydrogen) atoms. The fourth-order valence-electron chi connectivity index (χ4n) is 3.59. The highest BCUT2D eigenvalue weighted by atomic mass is 16.2. The minimum atomic E-state index is -0.235. The van der Waals surface area contributed by atoms with E-state index in [9.17, 15) is 9.59 Å². The monoisotopic (exact) mass is 415 g/mol. The van der Waals surface area contributed by atoms with E-state index in [1.165, 1.54) is 0 Å². The van der Waals surface area contributed by atoms with Gasteiger partial charge in [-0.3, -0.25) is 9.59 Å². The average Bonchev–Trinajstić information content (AvgIpc) is 2.81. The lowest BCUT2D eigenvalue weighted by Gasteiger charge is -2.35. The lowest BCUT2D eigenvalue weighted by atomic mass is 10.1. The zero-order valence-corrected chi connectivity index (χ0v) is 17.2. The van der Waals surface area contributed by atoms with Crippen LogP contribution in [-0.2, 0) is 11.2 Å². The second-order valence-corrected chi connectivity index (χ2v) is 7.47. The number of hydrogen-bond acceptors (Lipinski definition) is 5. The summed E-state index contributed by atoms with van der Waals surface area (Å²) in [5.41, 5.74) is 8.37. The fourth-order valence-corrected chi connectivity index (χ4v) is 3.59. The maximum absolute atomic E-state index is 12.7. The molecule has 2 heterocycles. The van der Waals surface area contributed by atoms with Gasteiger partial charge in [0.25, 0.3) is 5.91 Å². The number of nitrogen functional groups attached to an aromatic ring is 1. The second-order valence-electron chi connectivity index (χ2n) is 7.47. The number of anilines is 3. The number of pyridine rings is 1. The molecule has 4 rings (SSSR count). The third kappa shape index (κ3) is 5.01. The first-order chi connectivity index (χ1) is 15.1. The van der Waals surface area contributed by atoms with Crippen molar-refractivity contribution < 1.29 is 9.59 Å². The summed E-state index contributed by atoms with van der Waals surface area (Å²) in [7, 11) is 0. The number of para-hydroxylation sites is 2. The molecule has 0 atom stereocenters. The Balaban J connectivity index is 1.30. The van der Waals surface area contributed by atoms with Gasteiger partial charge < -0.3 is 20.9 Å². The van der Waals surface area contributed by atoms with Crippen molar-refractivity contribution in [1.82, 2.24) is 9.88 Å². The molecule has 7 nitrogen and oxygen atoms in total. The van der Waals surface area contributed by atoms with Crippen molar-refractivity contribution in [3.63, 3.8) is 0 Å². The molecular weight excluding hydrogens is 390 g/mol. The summed E-state index contributed by atoms with van der Waals surface area (Å²) >= 11 is 0. The molecule has 0 aliphatic carbocycles. The van der Waals surface area contributed by atoms with Gasteiger partial charge in [-0.2, -0.15) is 0 Å². The number of rotatable bonds is 5. The molecule has 0 unspecified atom stereocenters. The molecule has 0 bridgehead atoms. The van der Waals surface area contributed by atoms with Crippen LogP contribution in [0.1, 0.15) is 15.9 Å². The van der Waals surface area contributed by atoms with Gasteiger partial charge >= 0.3 is 0 Å². The van der Waals surface area contributed by atoms with Crippen LogP contribution in [0.2, 0.25) is 0 Å². The number of aromatic nitrogens is 1. The van der Waals surface area contributed by atoms with E-state index in [0.717, 1.165) is 24.5 Å². The minimum Gasteiger partial charge on any atom is -0.397 e. The Morgan fingerprint density at radius 3 is 2.29 bits per heavy atom. The molecule has 0 radical (unpaired) electrons. The largest absolute Gasteiger partial charge is 0.397 e. The van der Waals surface area contributed by atoms with Crippen molar-refractivity contribution in [3.8, 4) is 0 Å². The van der Waals surface area contributed by atoms with Crippen molar-refractivity contribution in [1.29, 1.82) is 0 Å². The van der Waals surface area contributed by atoms with Gasteiger partial charge in [0.15, 0.2) is 0 Å². The summed E-state index contributed by atoms with van der Waals surface area (Å²) in [6.07, 6.45) is 2.10. The molecule has 3 aromatic rings. The average molecular weight is 415 g/mol. The van der Waals surface area contributed by atoms with Crippen LogP contribution in [-0.4, -0.2) is 47.9 Å². The lowest BCUT2D eigenvalue weighted by Crippen LogP contribution is -2.49. The molecule has 0 saturated carbocycles. The molecule has 158 valence electrons. The summed E-state index contributed by atoms with van der Waals surface area (Å²) in [5, 5.41) is 2.81. The summed E-state index contributed by atoms with van der Waals surface area (Å²) < 4.78 is 0. The first kappa shape index (κ1) is 20.4. The van der Waals surface area contributed by atoms with Gasteiger partial charge in [-0.05, 0) is 42.0 Å². The van der Waals surface area contributed by atoms with Gasteiger partial charge in [-0.1, -0.05) is 30.3 Å². The number of carbonyl (C=O) groups excluding carboxylic acids is 2. The normalized spacial score (nSPS) is 13.7. The predicted molar refractivity (Wildman–Crippen MR) is 122 cm³/mol. The molecule has 2 amide bonds. The van der Waals surface area contributed by atoms with E-state index < -0.39 is 0 Å². The molecule has 2 aromatic carbocycles. The van der Waals surface area contributed by atoms with Crippen LogP contribution in [0.25, 0.3) is 0 Å². The quantitative estimate of drug-likeness (QED) is 0.626. The third-order valence-electron chi connectivity index (χ3n) is 5.39. The number of piperazine rings is 1. The van der Waals surface area contributed by atoms with E-state index in [2.05, 4.69) is 15.2 Å². The summed E-state index contributed by atoms with van der Waals surface area (Å²) in [6, 6.07) is 20.1. The Hall–Kier alpha value is -3.87. The standard InChI is InChI=1S/C24H25N5O2/c25-20-5-1-2-6-21(20)27-24(31)19-10-8-18(9-11-19)17-23(30)29-15-13-28(14-16-29)22-7-3-4-12-26-22/h1-12H,13-17,25H2,(H,27,31). The Morgan fingerprint density at radius 2 is 1.61 bits per heavy atom. The van der Waals surface area contributed by atoms with Crippen LogP contribution >= 0.6 is 0 Å². The first-order valence-electron chi connectivity index (χ1n) is 10.3. The Bertz CT molecular complexity index is 1050. The highest BCUT2D eigenvalue weighted by molar-refractivity contribution is 6.05. The first-order valence-corrected chi connectivity index (χ1v) is 10.3. The molecule has 1 aliphatic heterocycles. The maximum Gasteiger partial charge on any atom is 0.255 e. The van der Waals surface area contributed by atoms with E-state index in [1.54, 1.807) is 30.5 Å². The molecule has 1 aliphatic rings. The Morgan fingerprint density at radius 1 is 0.903 bits per heavy atom. The molecule has 1 saturated heterocycles. The van der Waals surface area contributed by atoms with E-state index in [-0.39, 0.29) is 11.8 Å². The summed E-state index contributed by atoms with van der Waals surface area (Å²) in [6.45, 7) is 2.89. The fraction of sp³-hybridized carbons (Fsp3) is 0.208. The maximum atomic E-state index is 12.7. The van der Waals surface area contributed by atoms with Gasteiger partial charge in [-0.25, -0.2) is 4.98 Å². The van der Waals surface area contributed by atoms with Crippen molar-refractivity contribution >= 4 is 29.0 Å².